The van der Waals surface area contributed by atoms with E-state index in [1.165, 1.54) is 0 Å². The third-order valence-electron chi connectivity index (χ3n) is 6.73. The average Bonchev–Trinajstić information content (AvgIpc) is 2.89. The third-order valence-corrected chi connectivity index (χ3v) is 6.73. The molecule has 3 heterocycles. The fraction of sp³-hybridized carbons (Fsp3) is 0.429. The van der Waals surface area contributed by atoms with E-state index in [1.54, 1.807) is 0 Å². The summed E-state index contributed by atoms with van der Waals surface area (Å²) in [5, 5.41) is 8.55. The second-order valence-corrected chi connectivity index (χ2v) is 9.82. The zero-order valence-electron chi connectivity index (χ0n) is 21.4. The Kier molecular flexibility index (Phi) is 8.90. The number of piperazine rings is 1. The molecule has 0 spiro atoms. The molecule has 0 radical (unpaired) electrons. The Balaban J connectivity index is 1.20. The Morgan fingerprint density at radius 1 is 1.14 bits per heavy atom. The van der Waals surface area contributed by atoms with Gasteiger partial charge in [0.2, 0.25) is 17.7 Å². The molecule has 9 nitrogen and oxygen atoms in total. The number of nitrogens with zero attached hydrogens (tertiary/aromatic N) is 3. The Hall–Kier alpha value is -3.72. The lowest BCUT2D eigenvalue weighted by Gasteiger charge is -2.36. The molecule has 1 aromatic heterocycles. The van der Waals surface area contributed by atoms with Crippen LogP contribution in [-0.4, -0.2) is 67.5 Å². The van der Waals surface area contributed by atoms with Crippen LogP contribution in [0.15, 0.2) is 60.8 Å². The SMILES string of the molecule is C=C(CNC1CCC(=O)NC1=O)CC(C)NC(=O)Cc1cccc(N2CCN(c3ccccn3)CC2)c1. The van der Waals surface area contributed by atoms with Crippen LogP contribution in [0, 0.1) is 0 Å². The molecule has 3 amide bonds. The molecule has 2 aliphatic heterocycles. The normalized spacial score (nSPS) is 18.8. The number of carbonyl (C=O) groups is 3. The van der Waals surface area contributed by atoms with Crippen molar-refractivity contribution in [3.8, 4) is 0 Å². The van der Waals surface area contributed by atoms with Gasteiger partial charge in [0.05, 0.1) is 12.5 Å². The standard InChI is InChI=1S/C28H36N6O3/c1-20(19-30-24-9-10-26(35)32-28(24)37)16-21(2)31-27(36)18-22-6-5-7-23(17-22)33-12-14-34(15-13-33)25-8-3-4-11-29-25/h3-8,11,17,21,24,30H,1,9-10,12-16,18-19H2,2H3,(H,31,36)(H,32,35,37). The van der Waals surface area contributed by atoms with Gasteiger partial charge < -0.3 is 20.4 Å². The van der Waals surface area contributed by atoms with Gasteiger partial charge in [0.15, 0.2) is 0 Å². The summed E-state index contributed by atoms with van der Waals surface area (Å²) in [6, 6.07) is 13.7. The first-order valence-electron chi connectivity index (χ1n) is 12.9. The number of hydrogen-bond acceptors (Lipinski definition) is 7. The number of anilines is 2. The van der Waals surface area contributed by atoms with E-state index in [2.05, 4.69) is 49.4 Å². The summed E-state index contributed by atoms with van der Waals surface area (Å²) >= 11 is 0. The van der Waals surface area contributed by atoms with Gasteiger partial charge in [-0.25, -0.2) is 4.98 Å². The van der Waals surface area contributed by atoms with Crippen LogP contribution in [0.5, 0.6) is 0 Å². The van der Waals surface area contributed by atoms with Gasteiger partial charge in [0.25, 0.3) is 0 Å². The Bertz CT molecular complexity index is 1110. The second-order valence-electron chi connectivity index (χ2n) is 9.82. The van der Waals surface area contributed by atoms with Crippen molar-refractivity contribution in [2.24, 2.45) is 0 Å². The van der Waals surface area contributed by atoms with Crippen molar-refractivity contribution in [3.05, 3.63) is 66.4 Å². The largest absolute Gasteiger partial charge is 0.368 e. The molecule has 37 heavy (non-hydrogen) atoms. The van der Waals surface area contributed by atoms with Crippen LogP contribution in [0.2, 0.25) is 0 Å². The molecule has 2 aliphatic rings. The summed E-state index contributed by atoms with van der Waals surface area (Å²) in [7, 11) is 0. The smallest absolute Gasteiger partial charge is 0.243 e. The van der Waals surface area contributed by atoms with Crippen molar-refractivity contribution >= 4 is 29.2 Å². The predicted molar refractivity (Wildman–Crippen MR) is 144 cm³/mol. The van der Waals surface area contributed by atoms with Crippen LogP contribution in [0.25, 0.3) is 0 Å². The molecular formula is C28H36N6O3. The monoisotopic (exact) mass is 504 g/mol. The number of hydrogen-bond donors (Lipinski definition) is 3. The number of imide groups is 1. The maximum Gasteiger partial charge on any atom is 0.243 e. The van der Waals surface area contributed by atoms with Crippen LogP contribution in [0.1, 0.15) is 31.7 Å². The zero-order valence-corrected chi connectivity index (χ0v) is 21.4. The second kappa shape index (κ2) is 12.5. The van der Waals surface area contributed by atoms with Crippen molar-refractivity contribution in [2.75, 3.05) is 42.5 Å². The zero-order chi connectivity index (χ0) is 26.2. The van der Waals surface area contributed by atoms with Crippen molar-refractivity contribution in [1.82, 2.24) is 20.9 Å². The van der Waals surface area contributed by atoms with Gasteiger partial charge in [0, 0.05) is 57.1 Å². The minimum atomic E-state index is -0.385. The van der Waals surface area contributed by atoms with Crippen LogP contribution in [0.4, 0.5) is 11.5 Å². The molecule has 4 rings (SSSR count). The maximum absolute atomic E-state index is 12.7. The predicted octanol–water partition coefficient (Wildman–Crippen LogP) is 1.80. The van der Waals surface area contributed by atoms with Crippen LogP contribution < -0.4 is 25.8 Å². The molecule has 9 heteroatoms. The first-order chi connectivity index (χ1) is 17.9. The number of nitrogens with one attached hydrogen (secondary N) is 3. The van der Waals surface area contributed by atoms with Gasteiger partial charge in [-0.15, -0.1) is 0 Å². The molecule has 3 N–H and O–H groups in total. The van der Waals surface area contributed by atoms with Crippen molar-refractivity contribution in [2.45, 2.75) is 44.7 Å². The molecule has 2 atom stereocenters. The van der Waals surface area contributed by atoms with Gasteiger partial charge in [0.1, 0.15) is 5.82 Å². The van der Waals surface area contributed by atoms with E-state index in [9.17, 15) is 14.4 Å². The number of pyridine rings is 1. The lowest BCUT2D eigenvalue weighted by molar-refractivity contribution is -0.134. The number of piperidine rings is 1. The fourth-order valence-corrected chi connectivity index (χ4v) is 4.82. The lowest BCUT2D eigenvalue weighted by Crippen LogP contribution is -2.51. The molecular weight excluding hydrogens is 468 g/mol. The topological polar surface area (TPSA) is 107 Å². The van der Waals surface area contributed by atoms with Gasteiger partial charge in [-0.3, -0.25) is 19.7 Å². The summed E-state index contributed by atoms with van der Waals surface area (Å²) in [5.74, 6) is 0.460. The summed E-state index contributed by atoms with van der Waals surface area (Å²) in [6.45, 7) is 10.1. The summed E-state index contributed by atoms with van der Waals surface area (Å²) in [5.41, 5.74) is 3.00. The van der Waals surface area contributed by atoms with Crippen LogP contribution >= 0.6 is 0 Å². The molecule has 2 fully saturated rings. The third kappa shape index (κ3) is 7.63. The molecule has 1 aromatic carbocycles. The highest BCUT2D eigenvalue weighted by Gasteiger charge is 2.26. The Morgan fingerprint density at radius 2 is 1.92 bits per heavy atom. The van der Waals surface area contributed by atoms with Gasteiger partial charge in [-0.2, -0.15) is 0 Å². The van der Waals surface area contributed by atoms with E-state index < -0.39 is 0 Å². The average molecular weight is 505 g/mol. The highest BCUT2D eigenvalue weighted by atomic mass is 16.2. The quantitative estimate of drug-likeness (QED) is 0.335. The number of rotatable bonds is 10. The summed E-state index contributed by atoms with van der Waals surface area (Å²) in [4.78, 5) is 44.9. The molecule has 2 aromatic rings. The Morgan fingerprint density at radius 3 is 2.65 bits per heavy atom. The summed E-state index contributed by atoms with van der Waals surface area (Å²) < 4.78 is 0. The van der Waals surface area contributed by atoms with Crippen molar-refractivity contribution in [3.63, 3.8) is 0 Å². The van der Waals surface area contributed by atoms with E-state index in [4.69, 9.17) is 0 Å². The molecule has 2 unspecified atom stereocenters. The number of carbonyl (C=O) groups excluding carboxylic acids is 3. The van der Waals surface area contributed by atoms with Crippen molar-refractivity contribution in [1.29, 1.82) is 0 Å². The molecule has 0 aliphatic carbocycles. The lowest BCUT2D eigenvalue weighted by atomic mass is 10.0. The van der Waals surface area contributed by atoms with E-state index in [0.717, 1.165) is 48.8 Å². The van der Waals surface area contributed by atoms with Crippen LogP contribution in [0.3, 0.4) is 0 Å². The number of aromatic nitrogens is 1. The first-order valence-corrected chi connectivity index (χ1v) is 12.9. The minimum Gasteiger partial charge on any atom is -0.368 e. The molecule has 196 valence electrons. The van der Waals surface area contributed by atoms with E-state index in [1.807, 2.05) is 43.5 Å². The summed E-state index contributed by atoms with van der Waals surface area (Å²) in [6.07, 6.45) is 3.57. The Labute approximate surface area is 218 Å². The first kappa shape index (κ1) is 26.3. The maximum atomic E-state index is 12.7. The van der Waals surface area contributed by atoms with Gasteiger partial charge in [-0.1, -0.05) is 30.4 Å². The van der Waals surface area contributed by atoms with Crippen molar-refractivity contribution < 1.29 is 14.4 Å². The fourth-order valence-electron chi connectivity index (χ4n) is 4.82. The van der Waals surface area contributed by atoms with E-state index >= 15 is 0 Å². The molecule has 2 saturated heterocycles. The minimum absolute atomic E-state index is 0.0319. The van der Waals surface area contributed by atoms with Gasteiger partial charge >= 0.3 is 0 Å². The van der Waals surface area contributed by atoms with Crippen LogP contribution in [-0.2, 0) is 20.8 Å². The van der Waals surface area contributed by atoms with E-state index in [-0.39, 0.29) is 29.8 Å². The van der Waals surface area contributed by atoms with Gasteiger partial charge in [-0.05, 0) is 49.6 Å². The number of amides is 3. The molecule has 0 saturated carbocycles. The highest BCUT2D eigenvalue weighted by Crippen LogP contribution is 2.20. The van der Waals surface area contributed by atoms with E-state index in [0.29, 0.717) is 32.2 Å². The number of benzene rings is 1. The molecule has 0 bridgehead atoms. The highest BCUT2D eigenvalue weighted by molar-refractivity contribution is 6.00.